The van der Waals surface area contributed by atoms with E-state index in [9.17, 15) is 9.59 Å². The predicted molar refractivity (Wildman–Crippen MR) is 79.7 cm³/mol. The highest BCUT2D eigenvalue weighted by atomic mass is 32.1. The van der Waals surface area contributed by atoms with Crippen LogP contribution in [0.25, 0.3) is 11.0 Å². The number of nitrogens with zero attached hydrogens (tertiary/aromatic N) is 1. The Balaban J connectivity index is 2.13. The van der Waals surface area contributed by atoms with Crippen molar-refractivity contribution in [1.82, 2.24) is 14.9 Å². The smallest absolute Gasteiger partial charge is 0.249 e. The summed E-state index contributed by atoms with van der Waals surface area (Å²) in [6.45, 7) is 2.45. The standard InChI is InChI=1S/C14H15N3O3S/c1-2-20-10-5-3-4-8-12(10)16-14(21)17(8)9-6-7-11(18)15-13(9)19/h3-5,9H,2,6-7H2,1H3,(H,16,21)(H,15,18,19). The molecule has 1 fully saturated rings. The van der Waals surface area contributed by atoms with Gasteiger partial charge in [0.15, 0.2) is 4.77 Å². The molecule has 0 saturated carbocycles. The average Bonchev–Trinajstić information content (AvgIpc) is 2.77. The molecular weight excluding hydrogens is 290 g/mol. The summed E-state index contributed by atoms with van der Waals surface area (Å²) in [5.41, 5.74) is 1.58. The first kappa shape index (κ1) is 13.8. The van der Waals surface area contributed by atoms with Crippen molar-refractivity contribution in [2.45, 2.75) is 25.8 Å². The minimum atomic E-state index is -0.471. The van der Waals surface area contributed by atoms with Crippen LogP contribution in [-0.4, -0.2) is 28.0 Å². The number of para-hydroxylation sites is 1. The number of hydrogen-bond acceptors (Lipinski definition) is 4. The van der Waals surface area contributed by atoms with Crippen LogP contribution < -0.4 is 10.1 Å². The van der Waals surface area contributed by atoms with Crippen LogP contribution in [0.15, 0.2) is 18.2 Å². The molecule has 1 unspecified atom stereocenters. The Morgan fingerprint density at radius 1 is 1.43 bits per heavy atom. The summed E-state index contributed by atoms with van der Waals surface area (Å²) in [4.78, 5) is 26.4. The van der Waals surface area contributed by atoms with Crippen molar-refractivity contribution < 1.29 is 14.3 Å². The molecule has 2 heterocycles. The molecule has 1 aromatic carbocycles. The maximum atomic E-state index is 12.1. The molecule has 0 bridgehead atoms. The van der Waals surface area contributed by atoms with E-state index < -0.39 is 6.04 Å². The Morgan fingerprint density at radius 3 is 2.95 bits per heavy atom. The van der Waals surface area contributed by atoms with Crippen LogP contribution in [0.3, 0.4) is 0 Å². The van der Waals surface area contributed by atoms with E-state index in [-0.39, 0.29) is 11.8 Å². The number of carbonyl (C=O) groups excluding carboxylic acids is 2. The minimum absolute atomic E-state index is 0.238. The van der Waals surface area contributed by atoms with Gasteiger partial charge in [-0.05, 0) is 37.7 Å². The van der Waals surface area contributed by atoms with Gasteiger partial charge in [0.25, 0.3) is 0 Å². The fraction of sp³-hybridized carbons (Fsp3) is 0.357. The van der Waals surface area contributed by atoms with Crippen LogP contribution in [0.2, 0.25) is 0 Å². The van der Waals surface area contributed by atoms with Gasteiger partial charge in [-0.25, -0.2) is 0 Å². The molecule has 2 amide bonds. The summed E-state index contributed by atoms with van der Waals surface area (Å²) in [6, 6.07) is 5.12. The van der Waals surface area contributed by atoms with E-state index in [4.69, 9.17) is 17.0 Å². The first-order valence-electron chi connectivity index (χ1n) is 6.81. The summed E-state index contributed by atoms with van der Waals surface area (Å²) in [6.07, 6.45) is 0.765. The molecule has 1 aromatic heterocycles. The number of ether oxygens (including phenoxy) is 1. The van der Waals surface area contributed by atoms with Crippen molar-refractivity contribution >= 4 is 35.1 Å². The predicted octanol–water partition coefficient (Wildman–Crippen LogP) is 2.08. The van der Waals surface area contributed by atoms with Gasteiger partial charge in [-0.2, -0.15) is 0 Å². The second-order valence-corrected chi connectivity index (χ2v) is 5.24. The van der Waals surface area contributed by atoms with Crippen LogP contribution in [-0.2, 0) is 9.59 Å². The maximum Gasteiger partial charge on any atom is 0.249 e. The number of imidazole rings is 1. The number of amides is 2. The van der Waals surface area contributed by atoms with Gasteiger partial charge in [-0.15, -0.1) is 0 Å². The maximum absolute atomic E-state index is 12.1. The van der Waals surface area contributed by atoms with Crippen molar-refractivity contribution in [3.8, 4) is 5.75 Å². The number of carbonyl (C=O) groups is 2. The number of aromatic nitrogens is 2. The number of aromatic amines is 1. The topological polar surface area (TPSA) is 76.1 Å². The molecule has 7 heteroatoms. The summed E-state index contributed by atoms with van der Waals surface area (Å²) in [5.74, 6) is 0.148. The van der Waals surface area contributed by atoms with E-state index in [2.05, 4.69) is 10.3 Å². The number of H-pyrrole nitrogens is 1. The zero-order chi connectivity index (χ0) is 15.0. The molecular formula is C14H15N3O3S. The van der Waals surface area contributed by atoms with Gasteiger partial charge < -0.3 is 14.3 Å². The summed E-state index contributed by atoms with van der Waals surface area (Å²) >= 11 is 5.35. The molecule has 2 N–H and O–H groups in total. The van der Waals surface area contributed by atoms with Crippen molar-refractivity contribution in [2.75, 3.05) is 6.61 Å². The quantitative estimate of drug-likeness (QED) is 0.672. The summed E-state index contributed by atoms with van der Waals surface area (Å²) < 4.78 is 7.78. The number of imide groups is 1. The SMILES string of the molecule is CCOc1cccc2c1[nH]c(=S)n2C1CCC(=O)NC1=O. The zero-order valence-corrected chi connectivity index (χ0v) is 12.3. The van der Waals surface area contributed by atoms with E-state index in [1.165, 1.54) is 0 Å². The lowest BCUT2D eigenvalue weighted by atomic mass is 10.1. The van der Waals surface area contributed by atoms with Gasteiger partial charge in [0.05, 0.1) is 12.1 Å². The molecule has 0 spiro atoms. The van der Waals surface area contributed by atoms with Gasteiger partial charge in [-0.3, -0.25) is 14.9 Å². The Kier molecular flexibility index (Phi) is 3.50. The average molecular weight is 305 g/mol. The molecule has 3 rings (SSSR count). The van der Waals surface area contributed by atoms with Gasteiger partial charge >= 0.3 is 0 Å². The largest absolute Gasteiger partial charge is 0.492 e. The molecule has 0 aliphatic carbocycles. The molecule has 110 valence electrons. The van der Waals surface area contributed by atoms with Crippen LogP contribution in [0.5, 0.6) is 5.75 Å². The van der Waals surface area contributed by atoms with Gasteiger partial charge in [0, 0.05) is 6.42 Å². The normalized spacial score (nSPS) is 18.8. The van der Waals surface area contributed by atoms with E-state index in [1.807, 2.05) is 25.1 Å². The summed E-state index contributed by atoms with van der Waals surface area (Å²) in [7, 11) is 0. The molecule has 1 saturated heterocycles. The zero-order valence-electron chi connectivity index (χ0n) is 11.5. The molecule has 1 aliphatic rings. The third-order valence-corrected chi connectivity index (χ3v) is 3.83. The van der Waals surface area contributed by atoms with Crippen LogP contribution >= 0.6 is 12.2 Å². The number of hydrogen-bond donors (Lipinski definition) is 2. The molecule has 6 nitrogen and oxygen atoms in total. The Morgan fingerprint density at radius 2 is 2.24 bits per heavy atom. The number of rotatable bonds is 3. The van der Waals surface area contributed by atoms with Gasteiger partial charge in [0.1, 0.15) is 17.3 Å². The Hall–Kier alpha value is -2.15. The fourth-order valence-electron chi connectivity index (χ4n) is 2.64. The molecule has 21 heavy (non-hydrogen) atoms. The van der Waals surface area contributed by atoms with Crippen molar-refractivity contribution in [3.05, 3.63) is 23.0 Å². The molecule has 1 atom stereocenters. The first-order valence-corrected chi connectivity index (χ1v) is 7.22. The number of piperidine rings is 1. The highest BCUT2D eigenvalue weighted by Gasteiger charge is 2.29. The minimum Gasteiger partial charge on any atom is -0.492 e. The van der Waals surface area contributed by atoms with E-state index in [0.717, 1.165) is 11.0 Å². The summed E-state index contributed by atoms with van der Waals surface area (Å²) in [5, 5.41) is 2.36. The van der Waals surface area contributed by atoms with E-state index in [0.29, 0.717) is 30.0 Å². The number of nitrogens with one attached hydrogen (secondary N) is 2. The van der Waals surface area contributed by atoms with Gasteiger partial charge in [-0.1, -0.05) is 6.07 Å². The van der Waals surface area contributed by atoms with Crippen molar-refractivity contribution in [3.63, 3.8) is 0 Å². The van der Waals surface area contributed by atoms with Crippen LogP contribution in [0, 0.1) is 4.77 Å². The van der Waals surface area contributed by atoms with Crippen molar-refractivity contribution in [1.29, 1.82) is 0 Å². The van der Waals surface area contributed by atoms with Crippen molar-refractivity contribution in [2.24, 2.45) is 0 Å². The fourth-order valence-corrected chi connectivity index (χ4v) is 2.96. The second-order valence-electron chi connectivity index (χ2n) is 4.85. The second kappa shape index (κ2) is 5.33. The van der Waals surface area contributed by atoms with Crippen LogP contribution in [0.4, 0.5) is 0 Å². The highest BCUT2D eigenvalue weighted by Crippen LogP contribution is 2.29. The van der Waals surface area contributed by atoms with E-state index in [1.54, 1.807) is 4.57 Å². The number of fused-ring (bicyclic) bond motifs is 1. The Labute approximate surface area is 126 Å². The third kappa shape index (κ3) is 2.33. The molecule has 2 aromatic rings. The highest BCUT2D eigenvalue weighted by molar-refractivity contribution is 7.71. The lowest BCUT2D eigenvalue weighted by molar-refractivity contribution is -0.135. The monoisotopic (exact) mass is 305 g/mol. The van der Waals surface area contributed by atoms with Crippen LogP contribution in [0.1, 0.15) is 25.8 Å². The van der Waals surface area contributed by atoms with E-state index >= 15 is 0 Å². The lowest BCUT2D eigenvalue weighted by Crippen LogP contribution is -2.41. The lowest BCUT2D eigenvalue weighted by Gasteiger charge is -2.22. The third-order valence-electron chi connectivity index (χ3n) is 3.54. The Bertz CT molecular complexity index is 777. The number of benzene rings is 1. The molecule has 1 aliphatic heterocycles. The van der Waals surface area contributed by atoms with Gasteiger partial charge in [0.2, 0.25) is 11.8 Å². The first-order chi connectivity index (χ1) is 10.1. The molecule has 0 radical (unpaired) electrons.